The van der Waals surface area contributed by atoms with Gasteiger partial charge in [0.15, 0.2) is 0 Å². The monoisotopic (exact) mass is 478 g/mol. The molecule has 0 saturated heterocycles. The maximum atomic E-state index is 13.1. The molecule has 0 spiro atoms. The summed E-state index contributed by atoms with van der Waals surface area (Å²) in [7, 11) is -3.71. The molecule has 1 amide bonds. The Labute approximate surface area is 201 Å². The van der Waals surface area contributed by atoms with E-state index in [1.807, 2.05) is 43.3 Å². The maximum absolute atomic E-state index is 13.1. The second kappa shape index (κ2) is 9.89. The van der Waals surface area contributed by atoms with E-state index in [-0.39, 0.29) is 11.9 Å². The Morgan fingerprint density at radius 2 is 1.56 bits per heavy atom. The van der Waals surface area contributed by atoms with Crippen molar-refractivity contribution >= 4 is 21.6 Å². The molecule has 178 valence electrons. The number of nitrogens with zero attached hydrogens (tertiary/aromatic N) is 1. The van der Waals surface area contributed by atoms with Crippen LogP contribution in [0.3, 0.4) is 0 Å². The standard InChI is InChI=1S/C27H30N2O4S/c1-19(22-13-12-21-8-7-9-23(21)18-22)28-27(30)20(2)29(34(3,31)32)24-14-16-26(17-15-24)33-25-10-5-4-6-11-25/h4-6,10-20H,7-9H2,1-3H3,(H,28,30)/t19-,20-/m1/s1. The van der Waals surface area contributed by atoms with E-state index in [9.17, 15) is 13.2 Å². The summed E-state index contributed by atoms with van der Waals surface area (Å²) in [6.45, 7) is 3.52. The van der Waals surface area contributed by atoms with Crippen molar-refractivity contribution in [2.75, 3.05) is 10.6 Å². The molecule has 2 atom stereocenters. The number of aryl methyl sites for hydroxylation is 2. The molecule has 4 rings (SSSR count). The average molecular weight is 479 g/mol. The van der Waals surface area contributed by atoms with E-state index >= 15 is 0 Å². The Morgan fingerprint density at radius 1 is 0.912 bits per heavy atom. The van der Waals surface area contributed by atoms with E-state index in [1.165, 1.54) is 11.1 Å². The normalized spacial score (nSPS) is 14.7. The molecule has 0 radical (unpaired) electrons. The van der Waals surface area contributed by atoms with E-state index in [0.29, 0.717) is 17.2 Å². The van der Waals surface area contributed by atoms with Gasteiger partial charge < -0.3 is 10.1 Å². The van der Waals surface area contributed by atoms with Crippen LogP contribution in [0.2, 0.25) is 0 Å². The van der Waals surface area contributed by atoms with Gasteiger partial charge in [0.2, 0.25) is 15.9 Å². The highest BCUT2D eigenvalue weighted by molar-refractivity contribution is 7.92. The van der Waals surface area contributed by atoms with Gasteiger partial charge in [-0.25, -0.2) is 8.42 Å². The van der Waals surface area contributed by atoms with Crippen LogP contribution in [-0.2, 0) is 27.7 Å². The molecule has 0 unspecified atom stereocenters. The molecule has 0 saturated carbocycles. The van der Waals surface area contributed by atoms with Crippen LogP contribution in [0.5, 0.6) is 11.5 Å². The zero-order valence-electron chi connectivity index (χ0n) is 19.7. The van der Waals surface area contributed by atoms with Gasteiger partial charge in [0.1, 0.15) is 17.5 Å². The van der Waals surface area contributed by atoms with Gasteiger partial charge in [-0.15, -0.1) is 0 Å². The van der Waals surface area contributed by atoms with E-state index in [2.05, 4.69) is 17.4 Å². The fourth-order valence-corrected chi connectivity index (χ4v) is 5.55. The first kappa shape index (κ1) is 23.8. The van der Waals surface area contributed by atoms with Crippen LogP contribution in [0.4, 0.5) is 5.69 Å². The minimum Gasteiger partial charge on any atom is -0.457 e. The number of benzene rings is 3. The minimum atomic E-state index is -3.71. The smallest absolute Gasteiger partial charge is 0.244 e. The number of fused-ring (bicyclic) bond motifs is 1. The lowest BCUT2D eigenvalue weighted by Crippen LogP contribution is -2.48. The lowest BCUT2D eigenvalue weighted by Gasteiger charge is -2.29. The van der Waals surface area contributed by atoms with Crippen LogP contribution in [0.15, 0.2) is 72.8 Å². The lowest BCUT2D eigenvalue weighted by molar-refractivity contribution is -0.122. The summed E-state index contributed by atoms with van der Waals surface area (Å²) in [5, 5.41) is 2.98. The van der Waals surface area contributed by atoms with Gasteiger partial charge in [0, 0.05) is 0 Å². The quantitative estimate of drug-likeness (QED) is 0.494. The highest BCUT2D eigenvalue weighted by Gasteiger charge is 2.30. The van der Waals surface area contributed by atoms with Crippen LogP contribution >= 0.6 is 0 Å². The summed E-state index contributed by atoms with van der Waals surface area (Å²) in [4.78, 5) is 13.1. The lowest BCUT2D eigenvalue weighted by atomic mass is 10.0. The van der Waals surface area contributed by atoms with Gasteiger partial charge in [0.05, 0.1) is 18.0 Å². The molecule has 0 aliphatic heterocycles. The van der Waals surface area contributed by atoms with Gasteiger partial charge in [-0.05, 0) is 86.2 Å². The number of sulfonamides is 1. The first-order valence-electron chi connectivity index (χ1n) is 11.5. The number of carbonyl (C=O) groups excluding carboxylic acids is 1. The van der Waals surface area contributed by atoms with E-state index in [4.69, 9.17) is 4.74 Å². The Kier molecular flexibility index (Phi) is 6.93. The molecule has 0 aromatic heterocycles. The molecular weight excluding hydrogens is 448 g/mol. The fraction of sp³-hybridized carbons (Fsp3) is 0.296. The number of para-hydroxylation sites is 1. The molecule has 34 heavy (non-hydrogen) atoms. The summed E-state index contributed by atoms with van der Waals surface area (Å²) in [6, 6.07) is 21.2. The molecule has 7 heteroatoms. The Balaban J connectivity index is 1.49. The predicted molar refractivity (Wildman–Crippen MR) is 135 cm³/mol. The Morgan fingerprint density at radius 3 is 2.24 bits per heavy atom. The highest BCUT2D eigenvalue weighted by Crippen LogP contribution is 2.28. The first-order valence-corrected chi connectivity index (χ1v) is 13.3. The highest BCUT2D eigenvalue weighted by atomic mass is 32.2. The van der Waals surface area contributed by atoms with Crippen molar-refractivity contribution in [3.8, 4) is 11.5 Å². The Hall–Kier alpha value is -3.32. The van der Waals surface area contributed by atoms with Gasteiger partial charge in [-0.2, -0.15) is 0 Å². The van der Waals surface area contributed by atoms with Crippen LogP contribution < -0.4 is 14.4 Å². The van der Waals surface area contributed by atoms with E-state index < -0.39 is 16.1 Å². The topological polar surface area (TPSA) is 75.7 Å². The number of rotatable bonds is 8. The zero-order valence-corrected chi connectivity index (χ0v) is 20.5. The molecule has 1 aliphatic carbocycles. The van der Waals surface area contributed by atoms with Gasteiger partial charge in [-0.1, -0.05) is 36.4 Å². The summed E-state index contributed by atoms with van der Waals surface area (Å²) >= 11 is 0. The predicted octanol–water partition coefficient (Wildman–Crippen LogP) is 5.00. The third kappa shape index (κ3) is 5.42. The number of nitrogens with one attached hydrogen (secondary N) is 1. The molecular formula is C27H30N2O4S. The third-order valence-corrected chi connectivity index (χ3v) is 7.38. The maximum Gasteiger partial charge on any atom is 0.244 e. The second-order valence-electron chi connectivity index (χ2n) is 8.76. The van der Waals surface area contributed by atoms with Crippen molar-refractivity contribution in [3.63, 3.8) is 0 Å². The summed E-state index contributed by atoms with van der Waals surface area (Å²) in [5.41, 5.74) is 4.13. The molecule has 0 fully saturated rings. The molecule has 3 aromatic carbocycles. The zero-order chi connectivity index (χ0) is 24.3. The summed E-state index contributed by atoms with van der Waals surface area (Å²) in [6.07, 6.45) is 4.43. The number of carbonyl (C=O) groups is 1. The molecule has 1 aliphatic rings. The van der Waals surface area contributed by atoms with Crippen LogP contribution in [0, 0.1) is 0 Å². The molecule has 1 N–H and O–H groups in total. The molecule has 6 nitrogen and oxygen atoms in total. The molecule has 0 heterocycles. The number of hydrogen-bond donors (Lipinski definition) is 1. The van der Waals surface area contributed by atoms with Crippen LogP contribution in [-0.4, -0.2) is 26.6 Å². The SMILES string of the molecule is C[C@H](C(=O)N[C@H](C)c1ccc2c(c1)CCC2)N(c1ccc(Oc2ccccc2)cc1)S(C)(=O)=O. The molecule has 3 aromatic rings. The van der Waals surface area contributed by atoms with Crippen molar-refractivity contribution in [2.24, 2.45) is 0 Å². The molecule has 0 bridgehead atoms. The fourth-order valence-electron chi connectivity index (χ4n) is 4.37. The Bertz CT molecular complexity index is 1260. The van der Waals surface area contributed by atoms with Crippen molar-refractivity contribution in [2.45, 2.75) is 45.2 Å². The number of anilines is 1. The average Bonchev–Trinajstić information content (AvgIpc) is 3.28. The van der Waals surface area contributed by atoms with Gasteiger partial charge in [-0.3, -0.25) is 9.10 Å². The second-order valence-corrected chi connectivity index (χ2v) is 10.6. The van der Waals surface area contributed by atoms with Crippen molar-refractivity contribution < 1.29 is 17.9 Å². The number of ether oxygens (including phenoxy) is 1. The van der Waals surface area contributed by atoms with E-state index in [0.717, 1.165) is 35.4 Å². The van der Waals surface area contributed by atoms with Crippen molar-refractivity contribution in [3.05, 3.63) is 89.5 Å². The minimum absolute atomic E-state index is 0.232. The number of amides is 1. The number of hydrogen-bond acceptors (Lipinski definition) is 4. The van der Waals surface area contributed by atoms with Gasteiger partial charge >= 0.3 is 0 Å². The van der Waals surface area contributed by atoms with Gasteiger partial charge in [0.25, 0.3) is 0 Å². The third-order valence-electron chi connectivity index (χ3n) is 6.14. The first-order chi connectivity index (χ1) is 16.2. The largest absolute Gasteiger partial charge is 0.457 e. The summed E-state index contributed by atoms with van der Waals surface area (Å²) in [5.74, 6) is 0.900. The van der Waals surface area contributed by atoms with Crippen LogP contribution in [0.25, 0.3) is 0 Å². The van der Waals surface area contributed by atoms with E-state index in [1.54, 1.807) is 31.2 Å². The van der Waals surface area contributed by atoms with Crippen molar-refractivity contribution in [1.82, 2.24) is 5.32 Å². The van der Waals surface area contributed by atoms with Crippen molar-refractivity contribution in [1.29, 1.82) is 0 Å². The summed E-state index contributed by atoms with van der Waals surface area (Å²) < 4.78 is 32.2. The van der Waals surface area contributed by atoms with Crippen LogP contribution in [0.1, 0.15) is 43.0 Å².